The molecule has 1 heterocycles. The molecule has 0 aliphatic carbocycles. The normalized spacial score (nSPS) is 23.9. The smallest absolute Gasteiger partial charge is 0.237 e. The Kier molecular flexibility index (Phi) is 5.01. The number of nitrogens with one attached hydrogen (secondary N) is 2. The van der Waals surface area contributed by atoms with E-state index in [9.17, 15) is 4.79 Å². The zero-order chi connectivity index (χ0) is 14.5. The molecule has 0 saturated carbocycles. The Balaban J connectivity index is 1.92. The summed E-state index contributed by atoms with van der Waals surface area (Å²) in [4.78, 5) is 12.3. The lowest BCUT2D eigenvalue weighted by atomic mass is 9.98. The fraction of sp³-hybridized carbons (Fsp3) is 0.562. The molecule has 2 N–H and O–H groups in total. The first-order valence-electron chi connectivity index (χ1n) is 7.30. The predicted molar refractivity (Wildman–Crippen MR) is 79.8 cm³/mol. The molecule has 1 aromatic carbocycles. The van der Waals surface area contributed by atoms with Crippen LogP contribution in [0.3, 0.4) is 0 Å². The highest BCUT2D eigenvalue weighted by molar-refractivity contribution is 5.82. The highest BCUT2D eigenvalue weighted by atomic mass is 16.5. The number of hydrogen-bond donors (Lipinski definition) is 2. The Morgan fingerprint density at radius 3 is 2.65 bits per heavy atom. The van der Waals surface area contributed by atoms with Crippen molar-refractivity contribution in [2.75, 3.05) is 7.11 Å². The Morgan fingerprint density at radius 1 is 1.35 bits per heavy atom. The van der Waals surface area contributed by atoms with Gasteiger partial charge in [0.25, 0.3) is 0 Å². The molecular weight excluding hydrogens is 252 g/mol. The number of carbonyl (C=O) groups excluding carboxylic acids is 1. The number of piperidine rings is 1. The van der Waals surface area contributed by atoms with Gasteiger partial charge in [-0.2, -0.15) is 0 Å². The second kappa shape index (κ2) is 6.75. The van der Waals surface area contributed by atoms with E-state index in [1.54, 1.807) is 7.11 Å². The summed E-state index contributed by atoms with van der Waals surface area (Å²) in [5.41, 5.74) is 1.09. The van der Waals surface area contributed by atoms with Crippen LogP contribution in [0, 0.1) is 0 Å². The molecule has 4 nitrogen and oxygen atoms in total. The number of ether oxygens (including phenoxy) is 1. The van der Waals surface area contributed by atoms with Gasteiger partial charge in [0, 0.05) is 6.04 Å². The van der Waals surface area contributed by atoms with Crippen LogP contribution in [0.1, 0.15) is 44.7 Å². The summed E-state index contributed by atoms with van der Waals surface area (Å²) in [6, 6.07) is 8.18. The molecule has 1 fully saturated rings. The molecule has 1 aliphatic heterocycles. The first kappa shape index (κ1) is 14.9. The van der Waals surface area contributed by atoms with Crippen molar-refractivity contribution in [3.63, 3.8) is 0 Å². The zero-order valence-electron chi connectivity index (χ0n) is 12.5. The summed E-state index contributed by atoms with van der Waals surface area (Å²) in [6.45, 7) is 4.14. The van der Waals surface area contributed by atoms with E-state index in [0.29, 0.717) is 6.04 Å². The van der Waals surface area contributed by atoms with Crippen LogP contribution in [0.2, 0.25) is 0 Å². The van der Waals surface area contributed by atoms with E-state index < -0.39 is 0 Å². The van der Waals surface area contributed by atoms with Crippen molar-refractivity contribution >= 4 is 5.91 Å². The van der Waals surface area contributed by atoms with Crippen LogP contribution < -0.4 is 15.4 Å². The van der Waals surface area contributed by atoms with Crippen LogP contribution in [-0.4, -0.2) is 25.1 Å². The van der Waals surface area contributed by atoms with E-state index >= 15 is 0 Å². The molecule has 2 rings (SSSR count). The van der Waals surface area contributed by atoms with Gasteiger partial charge in [0.05, 0.1) is 19.2 Å². The van der Waals surface area contributed by atoms with Crippen LogP contribution in [-0.2, 0) is 4.79 Å². The minimum atomic E-state index is -0.0561. The first-order chi connectivity index (χ1) is 9.60. The lowest BCUT2D eigenvalue weighted by molar-refractivity contribution is -0.124. The van der Waals surface area contributed by atoms with Crippen molar-refractivity contribution in [2.45, 2.75) is 51.2 Å². The van der Waals surface area contributed by atoms with Gasteiger partial charge in [0.1, 0.15) is 5.75 Å². The van der Waals surface area contributed by atoms with E-state index in [4.69, 9.17) is 4.74 Å². The largest absolute Gasteiger partial charge is 0.497 e. The fourth-order valence-electron chi connectivity index (χ4n) is 2.63. The van der Waals surface area contributed by atoms with Crippen molar-refractivity contribution in [3.8, 4) is 5.75 Å². The first-order valence-corrected chi connectivity index (χ1v) is 7.30. The quantitative estimate of drug-likeness (QED) is 0.888. The SMILES string of the molecule is COc1ccc(C(C)NC(=O)C2CCCC(C)N2)cc1. The van der Waals surface area contributed by atoms with E-state index in [2.05, 4.69) is 17.6 Å². The van der Waals surface area contributed by atoms with Gasteiger partial charge in [0.2, 0.25) is 5.91 Å². The number of benzene rings is 1. The van der Waals surface area contributed by atoms with Crippen LogP contribution in [0.15, 0.2) is 24.3 Å². The molecule has 1 aliphatic rings. The summed E-state index contributed by atoms with van der Waals surface area (Å²) in [7, 11) is 1.65. The van der Waals surface area contributed by atoms with E-state index in [1.165, 1.54) is 0 Å². The Bertz CT molecular complexity index is 444. The van der Waals surface area contributed by atoms with Gasteiger partial charge in [-0.25, -0.2) is 0 Å². The molecule has 0 spiro atoms. The lowest BCUT2D eigenvalue weighted by Crippen LogP contribution is -2.50. The maximum absolute atomic E-state index is 12.3. The van der Waals surface area contributed by atoms with Crippen molar-refractivity contribution in [2.24, 2.45) is 0 Å². The van der Waals surface area contributed by atoms with Crippen molar-refractivity contribution in [1.29, 1.82) is 0 Å². The molecular formula is C16H24N2O2. The van der Waals surface area contributed by atoms with Crippen LogP contribution in [0.25, 0.3) is 0 Å². The van der Waals surface area contributed by atoms with Gasteiger partial charge in [-0.1, -0.05) is 12.1 Å². The molecule has 3 unspecified atom stereocenters. The van der Waals surface area contributed by atoms with Crippen molar-refractivity contribution in [1.82, 2.24) is 10.6 Å². The van der Waals surface area contributed by atoms with E-state index in [-0.39, 0.29) is 18.0 Å². The van der Waals surface area contributed by atoms with Gasteiger partial charge in [-0.05, 0) is 50.8 Å². The molecule has 1 amide bonds. The van der Waals surface area contributed by atoms with Gasteiger partial charge in [-0.15, -0.1) is 0 Å². The van der Waals surface area contributed by atoms with Gasteiger partial charge in [-0.3, -0.25) is 4.79 Å². The number of rotatable bonds is 4. The third-order valence-electron chi connectivity index (χ3n) is 3.91. The number of carbonyl (C=O) groups is 1. The minimum Gasteiger partial charge on any atom is -0.497 e. The molecule has 110 valence electrons. The lowest BCUT2D eigenvalue weighted by Gasteiger charge is -2.29. The maximum atomic E-state index is 12.3. The molecule has 3 atom stereocenters. The summed E-state index contributed by atoms with van der Waals surface area (Å²) >= 11 is 0. The fourth-order valence-corrected chi connectivity index (χ4v) is 2.63. The van der Waals surface area contributed by atoms with Crippen molar-refractivity contribution < 1.29 is 9.53 Å². The minimum absolute atomic E-state index is 0.00689. The van der Waals surface area contributed by atoms with Gasteiger partial charge < -0.3 is 15.4 Å². The summed E-state index contributed by atoms with van der Waals surface area (Å²) in [5, 5.41) is 6.44. The average Bonchev–Trinajstić information content (AvgIpc) is 2.47. The maximum Gasteiger partial charge on any atom is 0.237 e. The topological polar surface area (TPSA) is 50.4 Å². The monoisotopic (exact) mass is 276 g/mol. The third-order valence-corrected chi connectivity index (χ3v) is 3.91. The molecule has 0 bridgehead atoms. The molecule has 1 saturated heterocycles. The average molecular weight is 276 g/mol. The molecule has 4 heteroatoms. The van der Waals surface area contributed by atoms with E-state index in [1.807, 2.05) is 31.2 Å². The second-order valence-electron chi connectivity index (χ2n) is 5.55. The molecule has 0 radical (unpaired) electrons. The number of amides is 1. The summed E-state index contributed by atoms with van der Waals surface area (Å²) in [6.07, 6.45) is 3.19. The Morgan fingerprint density at radius 2 is 2.05 bits per heavy atom. The van der Waals surface area contributed by atoms with Gasteiger partial charge >= 0.3 is 0 Å². The molecule has 1 aromatic rings. The Hall–Kier alpha value is -1.55. The highest BCUT2D eigenvalue weighted by Crippen LogP contribution is 2.18. The third kappa shape index (κ3) is 3.73. The predicted octanol–water partition coefficient (Wildman–Crippen LogP) is 2.40. The molecule has 20 heavy (non-hydrogen) atoms. The highest BCUT2D eigenvalue weighted by Gasteiger charge is 2.25. The van der Waals surface area contributed by atoms with Crippen LogP contribution in [0.4, 0.5) is 0 Å². The van der Waals surface area contributed by atoms with Crippen LogP contribution in [0.5, 0.6) is 5.75 Å². The van der Waals surface area contributed by atoms with Crippen LogP contribution >= 0.6 is 0 Å². The number of methoxy groups -OCH3 is 1. The second-order valence-corrected chi connectivity index (χ2v) is 5.55. The summed E-state index contributed by atoms with van der Waals surface area (Å²) in [5.74, 6) is 0.926. The Labute approximate surface area is 120 Å². The zero-order valence-corrected chi connectivity index (χ0v) is 12.5. The molecule has 0 aromatic heterocycles. The summed E-state index contributed by atoms with van der Waals surface area (Å²) < 4.78 is 5.14. The van der Waals surface area contributed by atoms with E-state index in [0.717, 1.165) is 30.6 Å². The standard InChI is InChI=1S/C16H24N2O2/c1-11-5-4-6-15(17-11)16(19)18-12(2)13-7-9-14(20-3)10-8-13/h7-12,15,17H,4-6H2,1-3H3,(H,18,19). The number of hydrogen-bond acceptors (Lipinski definition) is 3. The van der Waals surface area contributed by atoms with Crippen molar-refractivity contribution in [3.05, 3.63) is 29.8 Å². The van der Waals surface area contributed by atoms with Gasteiger partial charge in [0.15, 0.2) is 0 Å².